The van der Waals surface area contributed by atoms with Gasteiger partial charge in [0, 0.05) is 23.5 Å². The molecule has 0 fully saturated rings. The first-order chi connectivity index (χ1) is 6.83. The minimum Gasteiger partial charge on any atom is -0.481 e. The SMILES string of the molecule is COc1[nH]nc(-c2ccncc2)c1C.Cl. The lowest BCUT2D eigenvalue weighted by Crippen LogP contribution is -1.84. The first-order valence-corrected chi connectivity index (χ1v) is 4.32. The predicted octanol–water partition coefficient (Wildman–Crippen LogP) is 2.21. The highest BCUT2D eigenvalue weighted by molar-refractivity contribution is 5.85. The van der Waals surface area contributed by atoms with Gasteiger partial charge in [0.1, 0.15) is 0 Å². The van der Waals surface area contributed by atoms with Crippen molar-refractivity contribution in [3.8, 4) is 17.1 Å². The van der Waals surface area contributed by atoms with Crippen LogP contribution in [0.1, 0.15) is 5.56 Å². The normalized spacial score (nSPS) is 9.47. The topological polar surface area (TPSA) is 50.8 Å². The molecular weight excluding hydrogens is 214 g/mol. The zero-order valence-electron chi connectivity index (χ0n) is 8.52. The number of aromatic amines is 1. The fraction of sp³-hybridized carbons (Fsp3) is 0.200. The summed E-state index contributed by atoms with van der Waals surface area (Å²) in [5.74, 6) is 0.705. The zero-order valence-corrected chi connectivity index (χ0v) is 9.34. The molecular formula is C10H12ClN3O. The first kappa shape index (κ1) is 11.5. The van der Waals surface area contributed by atoms with Crippen LogP contribution in [0, 0.1) is 6.92 Å². The Kier molecular flexibility index (Phi) is 3.68. The third kappa shape index (κ3) is 2.10. The van der Waals surface area contributed by atoms with Crippen LogP contribution in [-0.4, -0.2) is 22.3 Å². The van der Waals surface area contributed by atoms with Gasteiger partial charge in [-0.3, -0.25) is 4.98 Å². The number of rotatable bonds is 2. The first-order valence-electron chi connectivity index (χ1n) is 4.32. The van der Waals surface area contributed by atoms with Gasteiger partial charge >= 0.3 is 0 Å². The molecule has 2 heterocycles. The van der Waals surface area contributed by atoms with Gasteiger partial charge in [-0.05, 0) is 19.1 Å². The van der Waals surface area contributed by atoms with E-state index in [9.17, 15) is 0 Å². The Morgan fingerprint density at radius 3 is 2.47 bits per heavy atom. The van der Waals surface area contributed by atoms with Crippen LogP contribution in [0.3, 0.4) is 0 Å². The Balaban J connectivity index is 0.00000112. The fourth-order valence-electron chi connectivity index (χ4n) is 1.37. The zero-order chi connectivity index (χ0) is 9.97. The maximum atomic E-state index is 5.11. The summed E-state index contributed by atoms with van der Waals surface area (Å²) in [5.41, 5.74) is 2.96. The number of H-pyrrole nitrogens is 1. The van der Waals surface area contributed by atoms with Crippen molar-refractivity contribution in [1.82, 2.24) is 15.2 Å². The minimum atomic E-state index is 0. The van der Waals surface area contributed by atoms with Crippen LogP contribution in [0.25, 0.3) is 11.3 Å². The number of aromatic nitrogens is 3. The Bertz CT molecular complexity index is 427. The quantitative estimate of drug-likeness (QED) is 0.853. The van der Waals surface area contributed by atoms with Crippen molar-refractivity contribution in [2.75, 3.05) is 7.11 Å². The molecule has 0 bridgehead atoms. The molecule has 0 spiro atoms. The predicted molar refractivity (Wildman–Crippen MR) is 60.4 cm³/mol. The Hall–Kier alpha value is -1.55. The smallest absolute Gasteiger partial charge is 0.212 e. The van der Waals surface area contributed by atoms with Crippen molar-refractivity contribution in [1.29, 1.82) is 0 Å². The van der Waals surface area contributed by atoms with Crippen LogP contribution >= 0.6 is 12.4 Å². The van der Waals surface area contributed by atoms with Crippen molar-refractivity contribution in [2.45, 2.75) is 6.92 Å². The van der Waals surface area contributed by atoms with Gasteiger partial charge in [0.15, 0.2) is 0 Å². The lowest BCUT2D eigenvalue weighted by molar-refractivity contribution is 0.394. The average Bonchev–Trinajstić information content (AvgIpc) is 2.61. The lowest BCUT2D eigenvalue weighted by atomic mass is 10.1. The summed E-state index contributed by atoms with van der Waals surface area (Å²) in [6.45, 7) is 1.97. The fourth-order valence-corrected chi connectivity index (χ4v) is 1.37. The van der Waals surface area contributed by atoms with Crippen molar-refractivity contribution < 1.29 is 4.74 Å². The standard InChI is InChI=1S/C10H11N3O.ClH/c1-7-9(12-13-10(7)14-2)8-3-5-11-6-4-8;/h3-6H,1-2H3,(H,12,13);1H. The van der Waals surface area contributed by atoms with E-state index in [2.05, 4.69) is 15.2 Å². The second kappa shape index (κ2) is 4.79. The van der Waals surface area contributed by atoms with E-state index >= 15 is 0 Å². The number of pyridine rings is 1. The van der Waals surface area contributed by atoms with E-state index in [-0.39, 0.29) is 12.4 Å². The van der Waals surface area contributed by atoms with E-state index < -0.39 is 0 Å². The molecule has 0 saturated heterocycles. The highest BCUT2D eigenvalue weighted by atomic mass is 35.5. The second-order valence-electron chi connectivity index (χ2n) is 2.97. The molecule has 0 aliphatic carbocycles. The number of halogens is 1. The van der Waals surface area contributed by atoms with Crippen LogP contribution in [0.15, 0.2) is 24.5 Å². The number of ether oxygens (including phenoxy) is 1. The van der Waals surface area contributed by atoms with Gasteiger partial charge < -0.3 is 4.74 Å². The van der Waals surface area contributed by atoms with Gasteiger partial charge in [-0.15, -0.1) is 12.4 Å². The molecule has 2 aromatic heterocycles. The van der Waals surface area contributed by atoms with Crippen LogP contribution in [0.4, 0.5) is 0 Å². The van der Waals surface area contributed by atoms with E-state index in [0.29, 0.717) is 5.88 Å². The van der Waals surface area contributed by atoms with E-state index in [1.54, 1.807) is 19.5 Å². The molecule has 0 radical (unpaired) electrons. The van der Waals surface area contributed by atoms with Gasteiger partial charge in [-0.1, -0.05) is 0 Å². The summed E-state index contributed by atoms with van der Waals surface area (Å²) in [6.07, 6.45) is 3.49. The third-order valence-electron chi connectivity index (χ3n) is 2.12. The number of nitrogens with one attached hydrogen (secondary N) is 1. The van der Waals surface area contributed by atoms with Gasteiger partial charge in [-0.2, -0.15) is 5.10 Å². The summed E-state index contributed by atoms with van der Waals surface area (Å²) < 4.78 is 5.11. The van der Waals surface area contributed by atoms with Gasteiger partial charge in [0.05, 0.1) is 12.8 Å². The molecule has 0 amide bonds. The molecule has 0 aliphatic rings. The lowest BCUT2D eigenvalue weighted by Gasteiger charge is -1.98. The number of hydrogen-bond donors (Lipinski definition) is 1. The van der Waals surface area contributed by atoms with Crippen LogP contribution < -0.4 is 4.74 Å². The van der Waals surface area contributed by atoms with E-state index in [1.807, 2.05) is 19.1 Å². The highest BCUT2D eigenvalue weighted by Gasteiger charge is 2.10. The molecule has 2 rings (SSSR count). The largest absolute Gasteiger partial charge is 0.481 e. The molecule has 80 valence electrons. The second-order valence-corrected chi connectivity index (χ2v) is 2.97. The summed E-state index contributed by atoms with van der Waals surface area (Å²) in [5, 5.41) is 7.01. The minimum absolute atomic E-state index is 0. The monoisotopic (exact) mass is 225 g/mol. The molecule has 1 N–H and O–H groups in total. The highest BCUT2D eigenvalue weighted by Crippen LogP contribution is 2.25. The van der Waals surface area contributed by atoms with Gasteiger partial charge in [0.25, 0.3) is 0 Å². The van der Waals surface area contributed by atoms with Crippen molar-refractivity contribution >= 4 is 12.4 Å². The average molecular weight is 226 g/mol. The number of nitrogens with zero attached hydrogens (tertiary/aromatic N) is 2. The molecule has 0 atom stereocenters. The van der Waals surface area contributed by atoms with E-state index in [4.69, 9.17) is 4.74 Å². The summed E-state index contributed by atoms with van der Waals surface area (Å²) in [6, 6.07) is 3.84. The molecule has 0 aromatic carbocycles. The molecule has 2 aromatic rings. The number of hydrogen-bond acceptors (Lipinski definition) is 3. The summed E-state index contributed by atoms with van der Waals surface area (Å²) in [4.78, 5) is 3.96. The molecule has 4 nitrogen and oxygen atoms in total. The van der Waals surface area contributed by atoms with Crippen LogP contribution in [0.2, 0.25) is 0 Å². The maximum Gasteiger partial charge on any atom is 0.212 e. The number of methoxy groups -OCH3 is 1. The molecule has 15 heavy (non-hydrogen) atoms. The molecule has 0 saturated carbocycles. The molecule has 0 unspecified atom stereocenters. The molecule has 0 aliphatic heterocycles. The maximum absolute atomic E-state index is 5.11. The summed E-state index contributed by atoms with van der Waals surface area (Å²) >= 11 is 0. The van der Waals surface area contributed by atoms with Crippen molar-refractivity contribution in [2.24, 2.45) is 0 Å². The van der Waals surface area contributed by atoms with Crippen LogP contribution in [-0.2, 0) is 0 Å². The van der Waals surface area contributed by atoms with Crippen molar-refractivity contribution in [3.63, 3.8) is 0 Å². The van der Waals surface area contributed by atoms with E-state index in [1.165, 1.54) is 0 Å². The van der Waals surface area contributed by atoms with Gasteiger partial charge in [0.2, 0.25) is 5.88 Å². The van der Waals surface area contributed by atoms with Crippen LogP contribution in [0.5, 0.6) is 5.88 Å². The Morgan fingerprint density at radius 2 is 1.93 bits per heavy atom. The molecule has 5 heteroatoms. The van der Waals surface area contributed by atoms with E-state index in [0.717, 1.165) is 16.8 Å². The Morgan fingerprint density at radius 1 is 1.27 bits per heavy atom. The van der Waals surface area contributed by atoms with Gasteiger partial charge in [-0.25, -0.2) is 5.10 Å². The third-order valence-corrected chi connectivity index (χ3v) is 2.12. The van der Waals surface area contributed by atoms with Crippen molar-refractivity contribution in [3.05, 3.63) is 30.1 Å². The summed E-state index contributed by atoms with van der Waals surface area (Å²) in [7, 11) is 1.62. The Labute approximate surface area is 94.1 Å².